The number of likely N-dealkylation sites (tertiary alicyclic amines) is 1. The molecule has 0 aliphatic carbocycles. The first-order valence-electron chi connectivity index (χ1n) is 4.93. The lowest BCUT2D eigenvalue weighted by Crippen LogP contribution is -2.29. The van der Waals surface area contributed by atoms with E-state index in [-0.39, 0.29) is 0 Å². The van der Waals surface area contributed by atoms with Gasteiger partial charge in [-0.1, -0.05) is 20.3 Å². The minimum absolute atomic E-state index is 0.713. The second kappa shape index (κ2) is 4.48. The lowest BCUT2D eigenvalue weighted by Gasteiger charge is -2.23. The molecule has 1 rings (SSSR count). The van der Waals surface area contributed by atoms with Crippen LogP contribution in [0.2, 0.25) is 0 Å². The maximum absolute atomic E-state index is 10.6. The monoisotopic (exact) mass is 169 g/mol. The van der Waals surface area contributed by atoms with Crippen LogP contribution >= 0.6 is 0 Å². The molecule has 1 aliphatic heterocycles. The molecular weight excluding hydrogens is 150 g/mol. The summed E-state index contributed by atoms with van der Waals surface area (Å²) in [6.45, 7) is 6.44. The van der Waals surface area contributed by atoms with E-state index in [1.165, 1.54) is 19.3 Å². The van der Waals surface area contributed by atoms with Crippen molar-refractivity contribution >= 4 is 6.41 Å². The van der Waals surface area contributed by atoms with Gasteiger partial charge in [0.1, 0.15) is 0 Å². The van der Waals surface area contributed by atoms with Crippen molar-refractivity contribution in [2.45, 2.75) is 33.1 Å². The highest BCUT2D eigenvalue weighted by Gasteiger charge is 2.19. The zero-order valence-electron chi connectivity index (χ0n) is 8.12. The van der Waals surface area contributed by atoms with Gasteiger partial charge in [0.05, 0.1) is 0 Å². The predicted molar refractivity (Wildman–Crippen MR) is 49.8 cm³/mol. The quantitative estimate of drug-likeness (QED) is 0.578. The van der Waals surface area contributed by atoms with Gasteiger partial charge in [-0.05, 0) is 24.7 Å². The van der Waals surface area contributed by atoms with Crippen molar-refractivity contribution in [2.24, 2.45) is 11.8 Å². The van der Waals surface area contributed by atoms with Crippen LogP contribution in [0.5, 0.6) is 0 Å². The van der Waals surface area contributed by atoms with Crippen molar-refractivity contribution in [3.8, 4) is 0 Å². The zero-order valence-corrected chi connectivity index (χ0v) is 8.12. The summed E-state index contributed by atoms with van der Waals surface area (Å²) < 4.78 is 0. The van der Waals surface area contributed by atoms with Gasteiger partial charge in [-0.2, -0.15) is 0 Å². The number of hydrogen-bond donors (Lipinski definition) is 0. The van der Waals surface area contributed by atoms with Crippen LogP contribution in [0, 0.1) is 11.8 Å². The van der Waals surface area contributed by atoms with E-state index in [4.69, 9.17) is 0 Å². The minimum Gasteiger partial charge on any atom is -0.345 e. The molecule has 1 heterocycles. The topological polar surface area (TPSA) is 20.3 Å². The average Bonchev–Trinajstić information content (AvgIpc) is 2.28. The fourth-order valence-corrected chi connectivity index (χ4v) is 1.85. The molecule has 0 aromatic rings. The summed E-state index contributed by atoms with van der Waals surface area (Å²) >= 11 is 0. The normalized spacial score (nSPS) is 25.6. The van der Waals surface area contributed by atoms with Gasteiger partial charge in [0.2, 0.25) is 6.41 Å². The van der Waals surface area contributed by atoms with Crippen molar-refractivity contribution < 1.29 is 4.79 Å². The van der Waals surface area contributed by atoms with E-state index in [2.05, 4.69) is 13.8 Å². The molecule has 2 heteroatoms. The standard InChI is InChI=1S/C10H19NO/c1-9(2)10-5-3-4-6-11(7-10)8-12/h8-10H,3-7H2,1-2H3. The van der Waals surface area contributed by atoms with Crippen LogP contribution in [0.1, 0.15) is 33.1 Å². The Hall–Kier alpha value is -0.530. The van der Waals surface area contributed by atoms with Crippen LogP contribution in [-0.4, -0.2) is 24.4 Å². The Balaban J connectivity index is 2.47. The lowest BCUT2D eigenvalue weighted by molar-refractivity contribution is -0.118. The Morgan fingerprint density at radius 3 is 2.75 bits per heavy atom. The molecule has 1 fully saturated rings. The van der Waals surface area contributed by atoms with Gasteiger partial charge in [-0.25, -0.2) is 0 Å². The molecule has 1 aliphatic rings. The average molecular weight is 169 g/mol. The first-order valence-corrected chi connectivity index (χ1v) is 4.93. The Morgan fingerprint density at radius 1 is 1.42 bits per heavy atom. The Bertz CT molecular complexity index is 145. The summed E-state index contributed by atoms with van der Waals surface area (Å²) in [6, 6.07) is 0. The molecule has 1 amide bonds. The predicted octanol–water partition coefficient (Wildman–Crippen LogP) is 1.90. The Kier molecular flexibility index (Phi) is 3.57. The minimum atomic E-state index is 0.713. The Morgan fingerprint density at radius 2 is 2.17 bits per heavy atom. The van der Waals surface area contributed by atoms with Crippen molar-refractivity contribution in [1.82, 2.24) is 4.90 Å². The second-order valence-corrected chi connectivity index (χ2v) is 4.10. The molecule has 0 spiro atoms. The fourth-order valence-electron chi connectivity index (χ4n) is 1.85. The van der Waals surface area contributed by atoms with Crippen molar-refractivity contribution in [3.63, 3.8) is 0 Å². The zero-order chi connectivity index (χ0) is 8.97. The fraction of sp³-hybridized carbons (Fsp3) is 0.900. The van der Waals surface area contributed by atoms with Crippen LogP contribution in [-0.2, 0) is 4.79 Å². The van der Waals surface area contributed by atoms with E-state index >= 15 is 0 Å². The van der Waals surface area contributed by atoms with Gasteiger partial charge >= 0.3 is 0 Å². The first-order chi connectivity index (χ1) is 5.74. The molecule has 0 saturated carbocycles. The molecule has 12 heavy (non-hydrogen) atoms. The first kappa shape index (κ1) is 9.56. The number of nitrogens with zero attached hydrogens (tertiary/aromatic N) is 1. The SMILES string of the molecule is CC(C)C1CCCCN(C=O)C1. The third-order valence-electron chi connectivity index (χ3n) is 2.83. The van der Waals surface area contributed by atoms with Crippen molar-refractivity contribution in [1.29, 1.82) is 0 Å². The maximum Gasteiger partial charge on any atom is 0.209 e. The van der Waals surface area contributed by atoms with Gasteiger partial charge < -0.3 is 4.90 Å². The third-order valence-corrected chi connectivity index (χ3v) is 2.83. The van der Waals surface area contributed by atoms with Crippen LogP contribution in [0.3, 0.4) is 0 Å². The molecule has 0 aromatic heterocycles. The van der Waals surface area contributed by atoms with E-state index < -0.39 is 0 Å². The smallest absolute Gasteiger partial charge is 0.209 e. The number of hydrogen-bond acceptors (Lipinski definition) is 1. The molecule has 1 saturated heterocycles. The van der Waals surface area contributed by atoms with Gasteiger partial charge in [-0.15, -0.1) is 0 Å². The lowest BCUT2D eigenvalue weighted by atomic mass is 9.91. The van der Waals surface area contributed by atoms with Crippen LogP contribution in [0.25, 0.3) is 0 Å². The van der Waals surface area contributed by atoms with Gasteiger partial charge in [0, 0.05) is 13.1 Å². The Labute approximate surface area is 74.9 Å². The summed E-state index contributed by atoms with van der Waals surface area (Å²) in [7, 11) is 0. The summed E-state index contributed by atoms with van der Waals surface area (Å²) in [5, 5.41) is 0. The summed E-state index contributed by atoms with van der Waals surface area (Å²) in [6.07, 6.45) is 4.76. The van der Waals surface area contributed by atoms with Crippen LogP contribution < -0.4 is 0 Å². The molecule has 0 bridgehead atoms. The van der Waals surface area contributed by atoms with Crippen molar-refractivity contribution in [2.75, 3.05) is 13.1 Å². The van der Waals surface area contributed by atoms with E-state index in [1.54, 1.807) is 0 Å². The molecule has 0 aromatic carbocycles. The molecule has 0 N–H and O–H groups in total. The van der Waals surface area contributed by atoms with Crippen LogP contribution in [0.4, 0.5) is 0 Å². The van der Waals surface area contributed by atoms with E-state index in [0.717, 1.165) is 25.4 Å². The van der Waals surface area contributed by atoms with Gasteiger partial charge in [0.25, 0.3) is 0 Å². The van der Waals surface area contributed by atoms with Crippen molar-refractivity contribution in [3.05, 3.63) is 0 Å². The number of carbonyl (C=O) groups excluding carboxylic acids is 1. The highest BCUT2D eigenvalue weighted by atomic mass is 16.1. The summed E-state index contributed by atoms with van der Waals surface area (Å²) in [5.74, 6) is 1.43. The number of carbonyl (C=O) groups is 1. The maximum atomic E-state index is 10.6. The third kappa shape index (κ3) is 2.50. The highest BCUT2D eigenvalue weighted by molar-refractivity contribution is 5.46. The van der Waals surface area contributed by atoms with Gasteiger partial charge in [-0.3, -0.25) is 4.79 Å². The molecule has 70 valence electrons. The molecule has 1 unspecified atom stereocenters. The summed E-state index contributed by atoms with van der Waals surface area (Å²) in [4.78, 5) is 12.5. The van der Waals surface area contributed by atoms with Crippen LogP contribution in [0.15, 0.2) is 0 Å². The second-order valence-electron chi connectivity index (χ2n) is 4.10. The van der Waals surface area contributed by atoms with E-state index in [9.17, 15) is 4.79 Å². The van der Waals surface area contributed by atoms with Gasteiger partial charge in [0.15, 0.2) is 0 Å². The number of amides is 1. The molecule has 2 nitrogen and oxygen atoms in total. The largest absolute Gasteiger partial charge is 0.345 e. The molecule has 1 atom stereocenters. The number of rotatable bonds is 2. The highest BCUT2D eigenvalue weighted by Crippen LogP contribution is 2.22. The summed E-state index contributed by atoms with van der Waals surface area (Å²) in [5.41, 5.74) is 0. The van der Waals surface area contributed by atoms with E-state index in [1.807, 2.05) is 4.90 Å². The molecular formula is C10H19NO. The van der Waals surface area contributed by atoms with E-state index in [0.29, 0.717) is 5.92 Å². The molecule has 0 radical (unpaired) electrons.